The zero-order valence-corrected chi connectivity index (χ0v) is 14.2. The molecule has 0 radical (unpaired) electrons. The van der Waals surface area contributed by atoms with E-state index >= 15 is 0 Å². The molecule has 0 bridgehead atoms. The molecule has 0 spiro atoms. The van der Waals surface area contributed by atoms with Gasteiger partial charge in [0, 0.05) is 0 Å². The van der Waals surface area contributed by atoms with Gasteiger partial charge in [-0.15, -0.1) is 0 Å². The van der Waals surface area contributed by atoms with E-state index in [9.17, 15) is 0 Å². The van der Waals surface area contributed by atoms with E-state index in [1.165, 1.54) is 16.3 Å². The molecule has 0 aromatic heterocycles. The summed E-state index contributed by atoms with van der Waals surface area (Å²) in [5, 5.41) is 1.50. The van der Waals surface area contributed by atoms with Gasteiger partial charge in [0.15, 0.2) is 8.32 Å². The van der Waals surface area contributed by atoms with Crippen molar-refractivity contribution >= 4 is 16.6 Å². The Kier molecular flexibility index (Phi) is 3.67. The normalized spacial score (nSPS) is 19.9. The third-order valence-corrected chi connectivity index (χ3v) is 9.52. The van der Waals surface area contributed by atoms with Gasteiger partial charge in [0.1, 0.15) is 0 Å². The smallest absolute Gasteiger partial charge is 0.206 e. The first-order chi connectivity index (χ1) is 8.30. The van der Waals surface area contributed by atoms with Gasteiger partial charge in [0.05, 0.1) is 0 Å². The molecule has 2 aliphatic carbocycles. The van der Waals surface area contributed by atoms with E-state index in [-0.39, 0.29) is 0 Å². The third-order valence-electron chi connectivity index (χ3n) is 3.26. The highest BCUT2D eigenvalue weighted by Gasteiger charge is 2.35. The lowest BCUT2D eigenvalue weighted by molar-refractivity contribution is 0.561. The predicted octanol–water partition coefficient (Wildman–Crippen LogP) is 4.73. The van der Waals surface area contributed by atoms with E-state index in [0.29, 0.717) is 0 Å². The maximum atomic E-state index is 6.52. The number of hydrogen-bond donors (Lipinski definition) is 0. The van der Waals surface area contributed by atoms with Gasteiger partial charge < -0.3 is 4.12 Å². The summed E-state index contributed by atoms with van der Waals surface area (Å²) >= 11 is 0. The summed E-state index contributed by atoms with van der Waals surface area (Å²) in [6, 6.07) is 0. The summed E-state index contributed by atoms with van der Waals surface area (Å²) in [6.07, 6.45) is 13.6. The molecule has 3 heteroatoms. The quantitative estimate of drug-likeness (QED) is 0.675. The minimum atomic E-state index is -1.76. The van der Waals surface area contributed by atoms with Crippen LogP contribution >= 0.6 is 0 Å². The van der Waals surface area contributed by atoms with E-state index in [2.05, 4.69) is 63.1 Å². The highest BCUT2D eigenvalue weighted by atomic mass is 28.4. The lowest BCUT2D eigenvalue weighted by Gasteiger charge is -2.33. The monoisotopic (exact) mass is 276 g/mol. The standard InChI is InChI=1S/C15H24OSi2/c1-17(2,3)16-18(4,5)15-12-8-11-14(15)13-9-6-7-10-13/h6,8-10,12H,7,11H2,1-5H3. The minimum absolute atomic E-state index is 1.08. The first-order valence-electron chi connectivity index (χ1n) is 6.77. The molecular formula is C15H24OSi2. The van der Waals surface area contributed by atoms with Crippen molar-refractivity contribution < 1.29 is 4.12 Å². The maximum absolute atomic E-state index is 6.52. The fraction of sp³-hybridized carbons (Fsp3) is 0.467. The van der Waals surface area contributed by atoms with Crippen LogP contribution in [-0.2, 0) is 4.12 Å². The average molecular weight is 277 g/mol. The van der Waals surface area contributed by atoms with Crippen molar-refractivity contribution in [1.29, 1.82) is 0 Å². The van der Waals surface area contributed by atoms with Crippen LogP contribution in [0, 0.1) is 0 Å². The van der Waals surface area contributed by atoms with Crippen LogP contribution < -0.4 is 0 Å². The van der Waals surface area contributed by atoms with Gasteiger partial charge in [0.25, 0.3) is 0 Å². The summed E-state index contributed by atoms with van der Waals surface area (Å²) < 4.78 is 6.52. The van der Waals surface area contributed by atoms with Gasteiger partial charge in [-0.3, -0.25) is 0 Å². The van der Waals surface area contributed by atoms with Crippen LogP contribution in [0.25, 0.3) is 0 Å². The topological polar surface area (TPSA) is 9.23 Å². The van der Waals surface area contributed by atoms with Crippen LogP contribution in [0.5, 0.6) is 0 Å². The number of hydrogen-bond acceptors (Lipinski definition) is 1. The summed E-state index contributed by atoms with van der Waals surface area (Å²) in [4.78, 5) is 0. The average Bonchev–Trinajstić information content (AvgIpc) is 2.85. The molecule has 0 aromatic rings. The van der Waals surface area contributed by atoms with Gasteiger partial charge in [-0.2, -0.15) is 0 Å². The predicted molar refractivity (Wildman–Crippen MR) is 84.5 cm³/mol. The molecule has 1 nitrogen and oxygen atoms in total. The van der Waals surface area contributed by atoms with Gasteiger partial charge in [-0.1, -0.05) is 30.4 Å². The Labute approximate surface area is 113 Å². The molecule has 0 saturated heterocycles. The highest BCUT2D eigenvalue weighted by Crippen LogP contribution is 2.35. The first kappa shape index (κ1) is 13.8. The second-order valence-corrected chi connectivity index (χ2v) is 15.1. The molecule has 98 valence electrons. The fourth-order valence-corrected chi connectivity index (χ4v) is 10.9. The summed E-state index contributed by atoms with van der Waals surface area (Å²) in [7, 11) is -3.23. The zero-order valence-electron chi connectivity index (χ0n) is 12.2. The van der Waals surface area contributed by atoms with Crippen molar-refractivity contribution in [2.24, 2.45) is 0 Å². The zero-order chi connectivity index (χ0) is 13.4. The van der Waals surface area contributed by atoms with Crippen LogP contribution in [0.4, 0.5) is 0 Å². The number of rotatable bonds is 4. The van der Waals surface area contributed by atoms with E-state index in [1.54, 1.807) is 0 Å². The lowest BCUT2D eigenvalue weighted by Crippen LogP contribution is -2.44. The van der Waals surface area contributed by atoms with E-state index in [0.717, 1.165) is 12.8 Å². The Hall–Kier alpha value is -0.646. The molecule has 0 amide bonds. The second-order valence-electron chi connectivity index (χ2n) is 6.52. The Balaban J connectivity index is 2.32. The summed E-state index contributed by atoms with van der Waals surface area (Å²) in [5.74, 6) is 0. The minimum Gasteiger partial charge on any atom is -0.452 e. The van der Waals surface area contributed by atoms with Gasteiger partial charge in [-0.05, 0) is 61.9 Å². The van der Waals surface area contributed by atoms with Crippen molar-refractivity contribution in [2.45, 2.75) is 45.6 Å². The van der Waals surface area contributed by atoms with Crippen molar-refractivity contribution in [3.05, 3.63) is 46.7 Å². The van der Waals surface area contributed by atoms with Crippen LogP contribution in [0.15, 0.2) is 46.7 Å². The van der Waals surface area contributed by atoms with Gasteiger partial charge in [-0.25, -0.2) is 0 Å². The van der Waals surface area contributed by atoms with Crippen LogP contribution in [0.2, 0.25) is 32.7 Å². The molecule has 18 heavy (non-hydrogen) atoms. The van der Waals surface area contributed by atoms with Gasteiger partial charge >= 0.3 is 0 Å². The van der Waals surface area contributed by atoms with E-state index in [4.69, 9.17) is 4.12 Å². The van der Waals surface area contributed by atoms with Crippen LogP contribution in [0.3, 0.4) is 0 Å². The Morgan fingerprint density at radius 3 is 2.28 bits per heavy atom. The summed E-state index contributed by atoms with van der Waals surface area (Å²) in [5.41, 5.74) is 2.94. The summed E-state index contributed by atoms with van der Waals surface area (Å²) in [6.45, 7) is 11.5. The fourth-order valence-electron chi connectivity index (χ4n) is 2.84. The number of allylic oxidation sites excluding steroid dienone is 8. The van der Waals surface area contributed by atoms with Crippen LogP contribution in [-0.4, -0.2) is 16.6 Å². The SMILES string of the molecule is C[Si](C)(C)O[Si](C)(C)C1=C(C2=CCC=C2)CC=C1. The maximum Gasteiger partial charge on any atom is 0.206 e. The Bertz CT molecular complexity index is 459. The molecule has 0 aliphatic heterocycles. The Morgan fingerprint density at radius 2 is 1.72 bits per heavy atom. The van der Waals surface area contributed by atoms with Crippen LogP contribution in [0.1, 0.15) is 12.8 Å². The van der Waals surface area contributed by atoms with E-state index in [1.807, 2.05) is 0 Å². The second kappa shape index (κ2) is 4.80. The molecule has 0 unspecified atom stereocenters. The first-order valence-corrected chi connectivity index (χ1v) is 13.1. The molecule has 2 rings (SSSR count). The highest BCUT2D eigenvalue weighted by molar-refractivity contribution is 6.88. The lowest BCUT2D eigenvalue weighted by atomic mass is 10.1. The molecule has 0 aromatic carbocycles. The molecule has 2 aliphatic rings. The molecule has 0 heterocycles. The van der Waals surface area contributed by atoms with Crippen molar-refractivity contribution in [3.63, 3.8) is 0 Å². The third kappa shape index (κ3) is 3.02. The van der Waals surface area contributed by atoms with Crippen molar-refractivity contribution in [1.82, 2.24) is 0 Å². The molecule has 0 fully saturated rings. The Morgan fingerprint density at radius 1 is 1.00 bits per heavy atom. The largest absolute Gasteiger partial charge is 0.452 e. The molecule has 0 N–H and O–H groups in total. The van der Waals surface area contributed by atoms with Crippen molar-refractivity contribution in [3.8, 4) is 0 Å². The molecule has 0 atom stereocenters. The molecule has 0 saturated carbocycles. The van der Waals surface area contributed by atoms with E-state index < -0.39 is 16.6 Å². The molecular weight excluding hydrogens is 252 g/mol. The van der Waals surface area contributed by atoms with Gasteiger partial charge in [0.2, 0.25) is 8.32 Å². The van der Waals surface area contributed by atoms with Crippen molar-refractivity contribution in [2.75, 3.05) is 0 Å².